The van der Waals surface area contributed by atoms with Gasteiger partial charge in [0, 0.05) is 6.04 Å². The molecule has 0 fully saturated rings. The predicted molar refractivity (Wildman–Crippen MR) is 56.4 cm³/mol. The first-order valence-corrected chi connectivity index (χ1v) is 4.80. The van der Waals surface area contributed by atoms with Gasteiger partial charge in [0.2, 0.25) is 0 Å². The smallest absolute Gasteiger partial charge is 0.00408 e. The third kappa shape index (κ3) is 5.36. The van der Waals surface area contributed by atoms with Crippen molar-refractivity contribution >= 4 is 0 Å². The second-order valence-corrected chi connectivity index (χ2v) is 4.39. The van der Waals surface area contributed by atoms with Gasteiger partial charge in [-0.15, -0.1) is 6.58 Å². The largest absolute Gasteiger partial charge is 0.317 e. The van der Waals surface area contributed by atoms with E-state index in [1.54, 1.807) is 0 Å². The van der Waals surface area contributed by atoms with Crippen molar-refractivity contribution in [2.24, 2.45) is 5.41 Å². The topological polar surface area (TPSA) is 12.0 Å². The zero-order valence-corrected chi connectivity index (χ0v) is 8.98. The SMILES string of the molecule is C=CCCC(C)(C)CC(C)NC. The highest BCUT2D eigenvalue weighted by Gasteiger charge is 2.19. The Morgan fingerprint density at radius 3 is 2.50 bits per heavy atom. The fourth-order valence-corrected chi connectivity index (χ4v) is 1.53. The van der Waals surface area contributed by atoms with Gasteiger partial charge < -0.3 is 5.32 Å². The van der Waals surface area contributed by atoms with Crippen LogP contribution in [0.15, 0.2) is 12.7 Å². The van der Waals surface area contributed by atoms with Crippen molar-refractivity contribution in [3.63, 3.8) is 0 Å². The van der Waals surface area contributed by atoms with Gasteiger partial charge >= 0.3 is 0 Å². The molecule has 0 rings (SSSR count). The molecule has 1 unspecified atom stereocenters. The molecule has 0 aliphatic carbocycles. The number of hydrogen-bond donors (Lipinski definition) is 1. The van der Waals surface area contributed by atoms with Crippen molar-refractivity contribution in [2.75, 3.05) is 7.05 Å². The lowest BCUT2D eigenvalue weighted by molar-refractivity contribution is 0.276. The molecule has 0 radical (unpaired) electrons. The number of hydrogen-bond acceptors (Lipinski definition) is 1. The Morgan fingerprint density at radius 1 is 1.50 bits per heavy atom. The lowest BCUT2D eigenvalue weighted by Gasteiger charge is -2.27. The van der Waals surface area contributed by atoms with E-state index in [9.17, 15) is 0 Å². The molecule has 0 aliphatic rings. The average Bonchev–Trinajstić information content (AvgIpc) is 2.00. The number of rotatable bonds is 6. The van der Waals surface area contributed by atoms with Crippen molar-refractivity contribution in [2.45, 2.75) is 46.1 Å². The summed E-state index contributed by atoms with van der Waals surface area (Å²) in [6.45, 7) is 10.6. The Balaban J connectivity index is 3.76. The first-order valence-electron chi connectivity index (χ1n) is 4.80. The molecule has 0 spiro atoms. The van der Waals surface area contributed by atoms with Crippen LogP contribution in [0.4, 0.5) is 0 Å². The van der Waals surface area contributed by atoms with Crippen LogP contribution < -0.4 is 5.32 Å². The summed E-state index contributed by atoms with van der Waals surface area (Å²) in [7, 11) is 2.02. The molecule has 0 aliphatic heterocycles. The van der Waals surface area contributed by atoms with Gasteiger partial charge in [-0.05, 0) is 38.6 Å². The monoisotopic (exact) mass is 169 g/mol. The van der Waals surface area contributed by atoms with Crippen LogP contribution in [0.5, 0.6) is 0 Å². The van der Waals surface area contributed by atoms with Crippen LogP contribution in [0.2, 0.25) is 0 Å². The Kier molecular flexibility index (Phi) is 5.23. The maximum atomic E-state index is 3.75. The van der Waals surface area contributed by atoms with E-state index in [-0.39, 0.29) is 0 Å². The maximum absolute atomic E-state index is 3.75. The minimum absolute atomic E-state index is 0.441. The molecule has 0 bridgehead atoms. The minimum Gasteiger partial charge on any atom is -0.317 e. The Bertz CT molecular complexity index is 127. The van der Waals surface area contributed by atoms with Gasteiger partial charge in [-0.25, -0.2) is 0 Å². The zero-order chi connectivity index (χ0) is 9.61. The summed E-state index contributed by atoms with van der Waals surface area (Å²) in [6, 6.07) is 0.616. The second-order valence-electron chi connectivity index (χ2n) is 4.39. The first-order chi connectivity index (χ1) is 5.52. The van der Waals surface area contributed by atoms with Gasteiger partial charge in [0.15, 0.2) is 0 Å². The van der Waals surface area contributed by atoms with E-state index in [0.29, 0.717) is 11.5 Å². The molecule has 0 heterocycles. The summed E-state index contributed by atoms with van der Waals surface area (Å²) in [5.41, 5.74) is 0.441. The fraction of sp³-hybridized carbons (Fsp3) is 0.818. The third-order valence-electron chi connectivity index (χ3n) is 2.38. The summed E-state index contributed by atoms with van der Waals surface area (Å²) in [6.07, 6.45) is 5.61. The van der Waals surface area contributed by atoms with E-state index in [1.165, 1.54) is 12.8 Å². The molecule has 0 aromatic heterocycles. The molecule has 0 aromatic carbocycles. The van der Waals surface area contributed by atoms with Crippen molar-refractivity contribution in [1.82, 2.24) is 5.32 Å². The van der Waals surface area contributed by atoms with Crippen molar-refractivity contribution < 1.29 is 0 Å². The first kappa shape index (κ1) is 11.7. The summed E-state index contributed by atoms with van der Waals surface area (Å²) in [5.74, 6) is 0. The van der Waals surface area contributed by atoms with Gasteiger partial charge in [0.1, 0.15) is 0 Å². The van der Waals surface area contributed by atoms with Gasteiger partial charge in [-0.3, -0.25) is 0 Å². The average molecular weight is 169 g/mol. The van der Waals surface area contributed by atoms with Crippen LogP contribution in [0.25, 0.3) is 0 Å². The molecule has 0 saturated heterocycles. The Labute approximate surface area is 77.2 Å². The molecule has 0 aromatic rings. The van der Waals surface area contributed by atoms with Crippen molar-refractivity contribution in [3.05, 3.63) is 12.7 Å². The Morgan fingerprint density at radius 2 is 2.08 bits per heavy atom. The molecule has 1 nitrogen and oxygen atoms in total. The van der Waals surface area contributed by atoms with E-state index >= 15 is 0 Å². The molecule has 72 valence electrons. The number of allylic oxidation sites excluding steroid dienone is 1. The van der Waals surface area contributed by atoms with E-state index in [0.717, 1.165) is 6.42 Å². The van der Waals surface area contributed by atoms with Crippen molar-refractivity contribution in [3.8, 4) is 0 Å². The fourth-order valence-electron chi connectivity index (χ4n) is 1.53. The summed E-state index contributed by atoms with van der Waals surface area (Å²) < 4.78 is 0. The molecule has 1 N–H and O–H groups in total. The summed E-state index contributed by atoms with van der Waals surface area (Å²) >= 11 is 0. The van der Waals surface area contributed by atoms with Crippen LogP contribution in [0, 0.1) is 5.41 Å². The Hall–Kier alpha value is -0.300. The lowest BCUT2D eigenvalue weighted by Crippen LogP contribution is -2.28. The molecule has 12 heavy (non-hydrogen) atoms. The summed E-state index contributed by atoms with van der Waals surface area (Å²) in [4.78, 5) is 0. The molecular weight excluding hydrogens is 146 g/mol. The van der Waals surface area contributed by atoms with Gasteiger partial charge in [0.05, 0.1) is 0 Å². The van der Waals surface area contributed by atoms with Crippen LogP contribution in [-0.4, -0.2) is 13.1 Å². The van der Waals surface area contributed by atoms with E-state index in [1.807, 2.05) is 13.1 Å². The van der Waals surface area contributed by atoms with Gasteiger partial charge in [0.25, 0.3) is 0 Å². The molecule has 0 amide bonds. The van der Waals surface area contributed by atoms with E-state index < -0.39 is 0 Å². The van der Waals surface area contributed by atoms with Crippen LogP contribution in [0.3, 0.4) is 0 Å². The second kappa shape index (κ2) is 5.36. The van der Waals surface area contributed by atoms with E-state index in [2.05, 4.69) is 32.7 Å². The molecule has 0 saturated carbocycles. The van der Waals surface area contributed by atoms with Gasteiger partial charge in [-0.1, -0.05) is 19.9 Å². The third-order valence-corrected chi connectivity index (χ3v) is 2.38. The van der Waals surface area contributed by atoms with Crippen LogP contribution in [0.1, 0.15) is 40.0 Å². The highest BCUT2D eigenvalue weighted by atomic mass is 14.9. The van der Waals surface area contributed by atoms with Crippen LogP contribution >= 0.6 is 0 Å². The van der Waals surface area contributed by atoms with Gasteiger partial charge in [-0.2, -0.15) is 0 Å². The quantitative estimate of drug-likeness (QED) is 0.603. The lowest BCUT2D eigenvalue weighted by atomic mass is 9.82. The predicted octanol–water partition coefficient (Wildman–Crippen LogP) is 2.98. The normalized spacial score (nSPS) is 14.3. The highest BCUT2D eigenvalue weighted by molar-refractivity contribution is 4.78. The minimum atomic E-state index is 0.441. The van der Waals surface area contributed by atoms with E-state index in [4.69, 9.17) is 0 Å². The molecule has 1 atom stereocenters. The molecule has 1 heteroatoms. The summed E-state index contributed by atoms with van der Waals surface area (Å²) in [5, 5.41) is 3.27. The molecular formula is C11H23N. The number of nitrogens with one attached hydrogen (secondary N) is 1. The van der Waals surface area contributed by atoms with Crippen LogP contribution in [-0.2, 0) is 0 Å². The maximum Gasteiger partial charge on any atom is 0.00408 e. The van der Waals surface area contributed by atoms with Crippen molar-refractivity contribution in [1.29, 1.82) is 0 Å². The highest BCUT2D eigenvalue weighted by Crippen LogP contribution is 2.28. The zero-order valence-electron chi connectivity index (χ0n) is 8.98. The standard InChI is InChI=1S/C11H23N/c1-6-7-8-11(3,4)9-10(2)12-5/h6,10,12H,1,7-9H2,2-5H3.